The van der Waals surface area contributed by atoms with E-state index < -0.39 is 17.6 Å². The second kappa shape index (κ2) is 12.2. The molecule has 1 aliphatic carbocycles. The lowest BCUT2D eigenvalue weighted by Gasteiger charge is -2.33. The lowest BCUT2D eigenvalue weighted by atomic mass is 10.0. The highest BCUT2D eigenvalue weighted by Crippen LogP contribution is 2.35. The molecule has 8 nitrogen and oxygen atoms in total. The van der Waals surface area contributed by atoms with Gasteiger partial charge in [-0.05, 0) is 61.5 Å². The number of nitrogens with zero attached hydrogens (tertiary/aromatic N) is 5. The van der Waals surface area contributed by atoms with Crippen molar-refractivity contribution in [2.24, 2.45) is 0 Å². The molecule has 2 aliphatic rings. The SMILES string of the molecule is Cc1ccc(C(=O)Nc2ccc(CN3CCN(C)CC3)c(C(F)(F)F)c2)cc1Nc1nc(-c2ccncc2)nc2c1C=CC2. The van der Waals surface area contributed by atoms with Gasteiger partial charge in [0.25, 0.3) is 5.91 Å². The van der Waals surface area contributed by atoms with Crippen molar-refractivity contribution in [2.75, 3.05) is 43.9 Å². The zero-order valence-corrected chi connectivity index (χ0v) is 24.4. The van der Waals surface area contributed by atoms with Crippen LogP contribution < -0.4 is 10.6 Å². The Kier molecular flexibility index (Phi) is 8.15. The van der Waals surface area contributed by atoms with Crippen LogP contribution in [0.25, 0.3) is 17.5 Å². The summed E-state index contributed by atoms with van der Waals surface area (Å²) in [7, 11) is 2.00. The Morgan fingerprint density at radius 3 is 2.50 bits per heavy atom. The predicted molar refractivity (Wildman–Crippen MR) is 165 cm³/mol. The van der Waals surface area contributed by atoms with Crippen LogP contribution in [0.5, 0.6) is 0 Å². The number of allylic oxidation sites excluding steroid dienone is 1. The number of likely N-dealkylation sites (N-methyl/N-ethyl adjacent to an activating group) is 1. The van der Waals surface area contributed by atoms with Crippen LogP contribution in [0.2, 0.25) is 0 Å². The summed E-state index contributed by atoms with van der Waals surface area (Å²) in [5.74, 6) is 0.640. The molecule has 2 aromatic carbocycles. The maximum absolute atomic E-state index is 14.1. The smallest absolute Gasteiger partial charge is 0.339 e. The number of fused-ring (bicyclic) bond motifs is 1. The first kappa shape index (κ1) is 29.5. The largest absolute Gasteiger partial charge is 0.416 e. The van der Waals surface area contributed by atoms with Gasteiger partial charge in [0.1, 0.15) is 5.82 Å². The van der Waals surface area contributed by atoms with E-state index in [4.69, 9.17) is 9.97 Å². The number of benzene rings is 2. The molecular formula is C33H32F3N7O. The molecule has 11 heteroatoms. The summed E-state index contributed by atoms with van der Waals surface area (Å²) >= 11 is 0. The topological polar surface area (TPSA) is 86.3 Å². The molecule has 1 saturated heterocycles. The molecule has 0 saturated carbocycles. The summed E-state index contributed by atoms with van der Waals surface area (Å²) in [6, 6.07) is 12.8. The fourth-order valence-electron chi connectivity index (χ4n) is 5.39. The van der Waals surface area contributed by atoms with E-state index in [-0.39, 0.29) is 17.8 Å². The van der Waals surface area contributed by atoms with Crippen molar-refractivity contribution in [3.63, 3.8) is 0 Å². The van der Waals surface area contributed by atoms with Gasteiger partial charge in [0.2, 0.25) is 0 Å². The number of alkyl halides is 3. The number of piperazine rings is 1. The lowest BCUT2D eigenvalue weighted by Crippen LogP contribution is -2.44. The van der Waals surface area contributed by atoms with Crippen LogP contribution in [0.15, 0.2) is 67.0 Å². The number of aryl methyl sites for hydroxylation is 1. The minimum absolute atomic E-state index is 0.0836. The predicted octanol–water partition coefficient (Wildman–Crippen LogP) is 6.18. The van der Waals surface area contributed by atoms with Crippen LogP contribution in [0, 0.1) is 6.92 Å². The Balaban J connectivity index is 1.23. The molecule has 226 valence electrons. The van der Waals surface area contributed by atoms with Gasteiger partial charge in [-0.2, -0.15) is 13.2 Å². The third kappa shape index (κ3) is 6.48. The van der Waals surface area contributed by atoms with E-state index in [9.17, 15) is 18.0 Å². The number of rotatable bonds is 7. The maximum atomic E-state index is 14.1. The molecule has 3 heterocycles. The third-order valence-electron chi connectivity index (χ3n) is 7.97. The van der Waals surface area contributed by atoms with Crippen LogP contribution in [-0.2, 0) is 19.1 Å². The number of aromatic nitrogens is 3. The van der Waals surface area contributed by atoms with Gasteiger partial charge in [-0.1, -0.05) is 24.3 Å². The fourth-order valence-corrected chi connectivity index (χ4v) is 5.39. The van der Waals surface area contributed by atoms with E-state index >= 15 is 0 Å². The highest BCUT2D eigenvalue weighted by atomic mass is 19.4. The average molecular weight is 600 g/mol. The number of anilines is 3. The van der Waals surface area contributed by atoms with Gasteiger partial charge in [-0.25, -0.2) is 9.97 Å². The van der Waals surface area contributed by atoms with E-state index in [1.165, 1.54) is 12.1 Å². The van der Waals surface area contributed by atoms with Gasteiger partial charge in [-0.3, -0.25) is 14.7 Å². The summed E-state index contributed by atoms with van der Waals surface area (Å²) in [6.07, 6.45) is 3.48. The molecule has 1 aliphatic heterocycles. The normalized spacial score (nSPS) is 15.3. The van der Waals surface area contributed by atoms with Crippen molar-refractivity contribution in [3.05, 3.63) is 101 Å². The molecule has 4 aromatic rings. The van der Waals surface area contributed by atoms with Crippen LogP contribution in [-0.4, -0.2) is 63.9 Å². The van der Waals surface area contributed by atoms with Gasteiger partial charge in [0, 0.05) is 79.6 Å². The Morgan fingerprint density at radius 2 is 1.75 bits per heavy atom. The number of amides is 1. The average Bonchev–Trinajstić information content (AvgIpc) is 3.49. The molecule has 1 amide bonds. The van der Waals surface area contributed by atoms with E-state index in [1.807, 2.05) is 43.2 Å². The summed E-state index contributed by atoms with van der Waals surface area (Å²) in [5.41, 5.74) is 3.94. The molecule has 0 atom stereocenters. The number of hydrogen-bond donors (Lipinski definition) is 2. The van der Waals surface area contributed by atoms with Gasteiger partial charge >= 0.3 is 6.18 Å². The van der Waals surface area contributed by atoms with Crippen molar-refractivity contribution in [3.8, 4) is 11.4 Å². The second-order valence-electron chi connectivity index (χ2n) is 11.2. The highest BCUT2D eigenvalue weighted by molar-refractivity contribution is 6.05. The minimum atomic E-state index is -4.55. The fraction of sp³-hybridized carbons (Fsp3) is 0.273. The Hall–Kier alpha value is -4.61. The van der Waals surface area contributed by atoms with Crippen LogP contribution >= 0.6 is 0 Å². The van der Waals surface area contributed by atoms with Crippen molar-refractivity contribution in [1.82, 2.24) is 24.8 Å². The second-order valence-corrected chi connectivity index (χ2v) is 11.2. The molecule has 0 unspecified atom stereocenters. The summed E-state index contributed by atoms with van der Waals surface area (Å²) in [4.78, 5) is 31.0. The van der Waals surface area contributed by atoms with Gasteiger partial charge in [0.15, 0.2) is 5.82 Å². The first-order valence-corrected chi connectivity index (χ1v) is 14.4. The van der Waals surface area contributed by atoms with Crippen molar-refractivity contribution >= 4 is 29.2 Å². The van der Waals surface area contributed by atoms with Gasteiger partial charge in [-0.15, -0.1) is 0 Å². The summed E-state index contributed by atoms with van der Waals surface area (Å²) in [5, 5.41) is 6.03. The molecule has 2 N–H and O–H groups in total. The Bertz CT molecular complexity index is 1710. The molecule has 0 radical (unpaired) electrons. The number of nitrogens with one attached hydrogen (secondary N) is 2. The van der Waals surface area contributed by atoms with E-state index in [0.29, 0.717) is 42.4 Å². The Labute approximate surface area is 253 Å². The first-order chi connectivity index (χ1) is 21.1. The van der Waals surface area contributed by atoms with Gasteiger partial charge in [0.05, 0.1) is 11.3 Å². The summed E-state index contributed by atoms with van der Waals surface area (Å²) in [6.45, 7) is 5.13. The molecule has 0 bridgehead atoms. The highest BCUT2D eigenvalue weighted by Gasteiger charge is 2.34. The van der Waals surface area contributed by atoms with Crippen molar-refractivity contribution < 1.29 is 18.0 Å². The number of carbonyl (C=O) groups is 1. The van der Waals surface area contributed by atoms with E-state index in [1.54, 1.807) is 30.6 Å². The molecule has 0 spiro atoms. The van der Waals surface area contributed by atoms with Gasteiger partial charge < -0.3 is 15.5 Å². The van der Waals surface area contributed by atoms with Crippen molar-refractivity contribution in [2.45, 2.75) is 26.1 Å². The zero-order valence-electron chi connectivity index (χ0n) is 24.4. The molecule has 2 aromatic heterocycles. The lowest BCUT2D eigenvalue weighted by molar-refractivity contribution is -0.138. The molecule has 6 rings (SSSR count). The minimum Gasteiger partial charge on any atom is -0.339 e. The first-order valence-electron chi connectivity index (χ1n) is 14.4. The van der Waals surface area contributed by atoms with Crippen LogP contribution in [0.3, 0.4) is 0 Å². The third-order valence-corrected chi connectivity index (χ3v) is 7.97. The van der Waals surface area contributed by atoms with Crippen LogP contribution in [0.1, 0.15) is 38.3 Å². The quantitative estimate of drug-likeness (QED) is 0.263. The zero-order chi connectivity index (χ0) is 30.8. The molecule has 1 fully saturated rings. The molecular weight excluding hydrogens is 567 g/mol. The number of pyridine rings is 1. The number of hydrogen-bond acceptors (Lipinski definition) is 7. The standard InChI is InChI=1S/C33H32F3N7O/c1-21-6-7-23(18-29(21)40-31-26-4-3-5-28(26)39-30(41-31)22-10-12-37-13-11-22)32(44)38-25-9-8-24(27(19-25)33(34,35)36)20-43-16-14-42(2)15-17-43/h3-4,6-13,18-19H,5,14-17,20H2,1-2H3,(H,38,44)(H,39,40,41). The summed E-state index contributed by atoms with van der Waals surface area (Å²) < 4.78 is 42.2. The molecule has 44 heavy (non-hydrogen) atoms. The van der Waals surface area contributed by atoms with E-state index in [0.717, 1.165) is 41.5 Å². The van der Waals surface area contributed by atoms with E-state index in [2.05, 4.69) is 20.5 Å². The number of carbonyl (C=O) groups excluding carboxylic acids is 1. The van der Waals surface area contributed by atoms with Crippen LogP contribution in [0.4, 0.5) is 30.4 Å². The monoisotopic (exact) mass is 599 g/mol. The maximum Gasteiger partial charge on any atom is 0.416 e. The Morgan fingerprint density at radius 1 is 0.977 bits per heavy atom. The van der Waals surface area contributed by atoms with Crippen molar-refractivity contribution in [1.29, 1.82) is 0 Å². The number of halogens is 3.